The third-order valence-corrected chi connectivity index (χ3v) is 7.45. The fraction of sp³-hybridized carbons (Fsp3) is 0.435. The molecule has 4 N–H and O–H groups in total. The van der Waals surface area contributed by atoms with Gasteiger partial charge in [0.15, 0.2) is 0 Å². The molecular weight excluding hydrogens is 549 g/mol. The number of aromatic nitrogens is 2. The third kappa shape index (κ3) is 7.92. The van der Waals surface area contributed by atoms with Gasteiger partial charge < -0.3 is 25.3 Å². The van der Waals surface area contributed by atoms with Gasteiger partial charge in [-0.3, -0.25) is 0 Å². The minimum absolute atomic E-state index is 0.0674. The third-order valence-electron chi connectivity index (χ3n) is 5.09. The molecule has 4 rings (SSSR count). The van der Waals surface area contributed by atoms with Crippen LogP contribution in [0, 0.1) is 11.5 Å². The maximum atomic E-state index is 10.6. The van der Waals surface area contributed by atoms with Crippen LogP contribution in [-0.2, 0) is 16.1 Å². The Morgan fingerprint density at radius 2 is 2.08 bits per heavy atom. The van der Waals surface area contributed by atoms with Gasteiger partial charge in [-0.25, -0.2) is 9.78 Å². The number of carboxylic acids is 1. The average Bonchev–Trinajstić information content (AvgIpc) is 3.43. The van der Waals surface area contributed by atoms with E-state index < -0.39 is 20.2 Å². The summed E-state index contributed by atoms with van der Waals surface area (Å²) in [5.74, 6) is 2.38. The average molecular weight is 575 g/mol. The van der Waals surface area contributed by atoms with Crippen LogP contribution < -0.4 is 11.1 Å². The number of alkyl halides is 3. The quantitative estimate of drug-likeness (QED) is 0.219. The minimum atomic E-state index is -5.08. The Bertz CT molecular complexity index is 1300. The zero-order valence-corrected chi connectivity index (χ0v) is 22.9. The summed E-state index contributed by atoms with van der Waals surface area (Å²) < 4.78 is 43.7. The van der Waals surface area contributed by atoms with E-state index in [1.54, 1.807) is 17.6 Å². The Labute approximate surface area is 221 Å². The number of ether oxygens (including phenoxy) is 1. The lowest BCUT2D eigenvalue weighted by Crippen LogP contribution is -2.37. The Morgan fingerprint density at radius 1 is 1.38 bits per heavy atom. The van der Waals surface area contributed by atoms with Gasteiger partial charge in [0, 0.05) is 23.4 Å². The standard InChI is InChI=1S/C21H25ClN4O2SSi.C2HF3O2/c1-30(2,3)10-7-15-17-19(29-18(15)14-6-9-27-12-16(14)23)20(26-21(22)25-17)24-11-13-5-4-8-28-13;3-2(4,5)1(6)7/h4-5,8,14,16H,6,9,11-12,23H2,1-3H3,(H,24,25,26);(H,6,7)/t14-,16-;/m1./s1. The van der Waals surface area contributed by atoms with E-state index in [-0.39, 0.29) is 17.2 Å². The van der Waals surface area contributed by atoms with E-state index >= 15 is 0 Å². The highest BCUT2D eigenvalue weighted by atomic mass is 35.5. The molecule has 0 spiro atoms. The molecule has 0 saturated carbocycles. The van der Waals surface area contributed by atoms with Crippen LogP contribution in [0.25, 0.3) is 10.2 Å². The molecule has 0 unspecified atom stereocenters. The van der Waals surface area contributed by atoms with Crippen molar-refractivity contribution in [1.29, 1.82) is 0 Å². The molecule has 0 amide bonds. The number of nitrogens with zero attached hydrogens (tertiary/aromatic N) is 2. The SMILES string of the molecule is C[Si](C)(C)C#Cc1c([C@@H]2CCOC[C@H]2N)sc2c(NCc3ccco3)nc(Cl)nc12.O=C(O)C(F)(F)F. The molecule has 1 fully saturated rings. The molecule has 2 atom stereocenters. The molecule has 37 heavy (non-hydrogen) atoms. The van der Waals surface area contributed by atoms with Gasteiger partial charge in [0.05, 0.1) is 29.7 Å². The molecule has 1 aliphatic heterocycles. The van der Waals surface area contributed by atoms with Crippen molar-refractivity contribution in [3.05, 3.63) is 39.9 Å². The van der Waals surface area contributed by atoms with Crippen molar-refractivity contribution in [2.24, 2.45) is 5.73 Å². The highest BCUT2D eigenvalue weighted by Gasteiger charge is 2.38. The van der Waals surface area contributed by atoms with Crippen molar-refractivity contribution in [2.45, 2.75) is 50.7 Å². The van der Waals surface area contributed by atoms with Crippen molar-refractivity contribution < 1.29 is 32.2 Å². The Kier molecular flexibility index (Phi) is 9.25. The summed E-state index contributed by atoms with van der Waals surface area (Å²) in [6, 6.07) is 3.71. The van der Waals surface area contributed by atoms with Gasteiger partial charge >= 0.3 is 12.1 Å². The number of nitrogens with two attached hydrogens (primary N) is 1. The number of fused-ring (bicyclic) bond motifs is 1. The minimum Gasteiger partial charge on any atom is -0.475 e. The van der Waals surface area contributed by atoms with E-state index in [1.807, 2.05) is 12.1 Å². The fourth-order valence-electron chi connectivity index (χ4n) is 3.39. The van der Waals surface area contributed by atoms with Crippen LogP contribution in [0.4, 0.5) is 19.0 Å². The summed E-state index contributed by atoms with van der Waals surface area (Å²) in [7, 11) is -1.59. The van der Waals surface area contributed by atoms with Gasteiger partial charge in [-0.2, -0.15) is 18.2 Å². The Hall–Kier alpha value is -2.63. The van der Waals surface area contributed by atoms with Crippen molar-refractivity contribution >= 4 is 53.0 Å². The molecule has 8 nitrogen and oxygen atoms in total. The Morgan fingerprint density at radius 3 is 2.65 bits per heavy atom. The summed E-state index contributed by atoms with van der Waals surface area (Å²) >= 11 is 7.96. The fourth-order valence-corrected chi connectivity index (χ4v) is 5.43. The van der Waals surface area contributed by atoms with E-state index in [0.717, 1.165) is 32.8 Å². The largest absolute Gasteiger partial charge is 0.490 e. The Balaban J connectivity index is 0.000000479. The topological polar surface area (TPSA) is 124 Å². The summed E-state index contributed by atoms with van der Waals surface area (Å²) in [6.07, 6.45) is -2.56. The van der Waals surface area contributed by atoms with E-state index in [0.29, 0.717) is 25.6 Å². The second-order valence-corrected chi connectivity index (χ2v) is 15.4. The number of carboxylic acid groups (broad SMARTS) is 1. The molecule has 3 aromatic rings. The van der Waals surface area contributed by atoms with Crippen LogP contribution in [0.5, 0.6) is 0 Å². The number of anilines is 1. The second-order valence-electron chi connectivity index (χ2n) is 9.23. The molecule has 3 aromatic heterocycles. The van der Waals surface area contributed by atoms with Crippen LogP contribution >= 0.6 is 22.9 Å². The van der Waals surface area contributed by atoms with Crippen molar-refractivity contribution in [1.82, 2.24) is 9.97 Å². The molecule has 200 valence electrons. The number of rotatable bonds is 4. The summed E-state index contributed by atoms with van der Waals surface area (Å²) in [6.45, 7) is 8.45. The molecule has 0 aromatic carbocycles. The molecule has 4 heterocycles. The van der Waals surface area contributed by atoms with E-state index in [9.17, 15) is 13.2 Å². The van der Waals surface area contributed by atoms with E-state index in [1.165, 1.54) is 0 Å². The van der Waals surface area contributed by atoms with Gasteiger partial charge in [0.2, 0.25) is 5.28 Å². The second kappa shape index (κ2) is 11.8. The summed E-state index contributed by atoms with van der Waals surface area (Å²) in [5, 5.41) is 10.7. The number of hydrogen-bond donors (Lipinski definition) is 3. The molecule has 1 aliphatic rings. The lowest BCUT2D eigenvalue weighted by Gasteiger charge is -2.28. The lowest BCUT2D eigenvalue weighted by atomic mass is 9.91. The maximum absolute atomic E-state index is 10.6. The van der Waals surface area contributed by atoms with Crippen LogP contribution in [-0.4, -0.2) is 54.5 Å². The first-order valence-corrected chi connectivity index (χ1v) is 15.9. The zero-order valence-electron chi connectivity index (χ0n) is 20.3. The number of aliphatic carboxylic acids is 1. The molecule has 0 bridgehead atoms. The maximum Gasteiger partial charge on any atom is 0.490 e. The van der Waals surface area contributed by atoms with Gasteiger partial charge in [-0.1, -0.05) is 25.6 Å². The van der Waals surface area contributed by atoms with Crippen molar-refractivity contribution in [3.8, 4) is 11.5 Å². The predicted octanol–water partition coefficient (Wildman–Crippen LogP) is 5.24. The smallest absolute Gasteiger partial charge is 0.475 e. The first-order valence-electron chi connectivity index (χ1n) is 11.2. The van der Waals surface area contributed by atoms with Crippen LogP contribution in [0.15, 0.2) is 22.8 Å². The molecule has 14 heteroatoms. The first-order chi connectivity index (χ1) is 17.3. The van der Waals surface area contributed by atoms with Crippen LogP contribution in [0.1, 0.15) is 28.5 Å². The highest BCUT2D eigenvalue weighted by molar-refractivity contribution is 7.20. The molecule has 1 saturated heterocycles. The molecule has 0 radical (unpaired) electrons. The molecular formula is C23H26ClF3N4O4SSi. The number of nitrogens with one attached hydrogen (secondary N) is 1. The van der Waals surface area contributed by atoms with E-state index in [2.05, 4.69) is 46.4 Å². The lowest BCUT2D eigenvalue weighted by molar-refractivity contribution is -0.192. The number of thiophene rings is 1. The normalized spacial score (nSPS) is 17.9. The number of halogens is 4. The summed E-state index contributed by atoms with van der Waals surface area (Å²) in [5.41, 5.74) is 11.6. The van der Waals surface area contributed by atoms with Crippen molar-refractivity contribution in [2.75, 3.05) is 18.5 Å². The van der Waals surface area contributed by atoms with Gasteiger partial charge in [0.1, 0.15) is 25.2 Å². The van der Waals surface area contributed by atoms with Crippen LogP contribution in [0.3, 0.4) is 0 Å². The number of carbonyl (C=O) groups is 1. The van der Waals surface area contributed by atoms with Gasteiger partial charge in [-0.05, 0) is 30.2 Å². The highest BCUT2D eigenvalue weighted by Crippen LogP contribution is 2.41. The first kappa shape index (κ1) is 28.9. The zero-order chi connectivity index (χ0) is 27.4. The van der Waals surface area contributed by atoms with Gasteiger partial charge in [-0.15, -0.1) is 16.9 Å². The monoisotopic (exact) mass is 574 g/mol. The van der Waals surface area contributed by atoms with Crippen molar-refractivity contribution in [3.63, 3.8) is 0 Å². The van der Waals surface area contributed by atoms with E-state index in [4.69, 9.17) is 36.4 Å². The number of furan rings is 1. The van der Waals surface area contributed by atoms with Gasteiger partial charge in [0.25, 0.3) is 0 Å². The predicted molar refractivity (Wildman–Crippen MR) is 139 cm³/mol. The molecule has 0 aliphatic carbocycles. The van der Waals surface area contributed by atoms with Crippen LogP contribution in [0.2, 0.25) is 24.9 Å². The number of hydrogen-bond acceptors (Lipinski definition) is 8. The summed E-state index contributed by atoms with van der Waals surface area (Å²) in [4.78, 5) is 19.1.